The van der Waals surface area contributed by atoms with Gasteiger partial charge in [0.25, 0.3) is 0 Å². The zero-order chi connectivity index (χ0) is 24.1. The molecule has 0 saturated heterocycles. The van der Waals surface area contributed by atoms with Gasteiger partial charge in [-0.3, -0.25) is 4.79 Å². The molecule has 0 aliphatic carbocycles. The Balaban J connectivity index is 0.00000187. The van der Waals surface area contributed by atoms with Crippen molar-refractivity contribution in [2.75, 3.05) is 7.11 Å². The van der Waals surface area contributed by atoms with Crippen molar-refractivity contribution < 1.29 is 36.8 Å². The standard InChI is InChI=1S/C24H26NO4P2.ClH.Pd/c1-27-24(26)23(25)14-8-9-18-15-19(28-30)17-20(16-18)29-31(21-10-4-2-5-11-21)22-12-6-3-7-13-22;;/h2-7,10-13,15-16,23H,8-9,14,25,30H2,1H3;1H;/q-1;;+2/t23-;;/m0../s1. The van der Waals surface area contributed by atoms with E-state index in [1.807, 2.05) is 48.5 Å². The van der Waals surface area contributed by atoms with Crippen molar-refractivity contribution in [3.8, 4) is 11.5 Å². The molecule has 2 N–H and O–H groups in total. The zero-order valence-corrected chi connectivity index (χ0v) is 22.6. The number of hydrogen-bond donors (Lipinski definition) is 1. The number of benzene rings is 3. The van der Waals surface area contributed by atoms with Gasteiger partial charge < -0.3 is 19.5 Å². The monoisotopic (exact) mass is 596 g/mol. The summed E-state index contributed by atoms with van der Waals surface area (Å²) < 4.78 is 16.6. The SMILES string of the molecule is COC(=O)[C@@H](N)CCCc1cc(OP)[c-]c(O[PH+](c2ccccc2)c2ccccc2)c1.[Cl][Pd+]. The Hall–Kier alpha value is -1.50. The Morgan fingerprint density at radius 2 is 1.61 bits per heavy atom. The van der Waals surface area contributed by atoms with Gasteiger partial charge in [-0.25, -0.2) is 0 Å². The van der Waals surface area contributed by atoms with Crippen LogP contribution in [0.25, 0.3) is 0 Å². The van der Waals surface area contributed by atoms with E-state index in [4.69, 9.17) is 14.8 Å². The molecule has 0 heterocycles. The molecule has 3 aromatic carbocycles. The molecule has 33 heavy (non-hydrogen) atoms. The van der Waals surface area contributed by atoms with Crippen LogP contribution in [0.4, 0.5) is 0 Å². The Kier molecular flexibility index (Phi) is 13.0. The first-order chi connectivity index (χ1) is 16.1. The first-order valence-corrected chi connectivity index (χ1v) is 14.0. The van der Waals surface area contributed by atoms with Gasteiger partial charge in [0.2, 0.25) is 8.15 Å². The van der Waals surface area contributed by atoms with E-state index >= 15 is 0 Å². The molecule has 9 heteroatoms. The van der Waals surface area contributed by atoms with Gasteiger partial charge in [0.05, 0.1) is 22.3 Å². The van der Waals surface area contributed by atoms with Crippen LogP contribution in [0.1, 0.15) is 18.4 Å². The summed E-state index contributed by atoms with van der Waals surface area (Å²) in [7, 11) is 6.57. The van der Waals surface area contributed by atoms with E-state index < -0.39 is 20.2 Å². The van der Waals surface area contributed by atoms with Crippen LogP contribution in [0.15, 0.2) is 72.8 Å². The Morgan fingerprint density at radius 1 is 1.06 bits per heavy atom. The molecule has 0 aliphatic rings. The van der Waals surface area contributed by atoms with Crippen LogP contribution in [0.3, 0.4) is 0 Å². The van der Waals surface area contributed by atoms with Gasteiger partial charge in [-0.1, -0.05) is 48.9 Å². The fourth-order valence-electron chi connectivity index (χ4n) is 3.20. The minimum absolute atomic E-state index is 0.391. The van der Waals surface area contributed by atoms with Gasteiger partial charge in [-0.05, 0) is 37.1 Å². The molecule has 0 saturated carbocycles. The van der Waals surface area contributed by atoms with Gasteiger partial charge in [0, 0.05) is 5.75 Å². The van der Waals surface area contributed by atoms with E-state index in [1.54, 1.807) is 0 Å². The Bertz CT molecular complexity index is 943. The second kappa shape index (κ2) is 15.4. The topological polar surface area (TPSA) is 70.8 Å². The molecular formula is C24H27ClNO4P2Pd+. The van der Waals surface area contributed by atoms with Crippen molar-refractivity contribution in [2.24, 2.45) is 5.73 Å². The molecule has 2 atom stereocenters. The Labute approximate surface area is 213 Å². The molecular weight excluding hydrogens is 570 g/mol. The number of aryl methyl sites for hydroxylation is 1. The number of rotatable bonds is 10. The van der Waals surface area contributed by atoms with E-state index in [9.17, 15) is 4.79 Å². The molecule has 0 amide bonds. The van der Waals surface area contributed by atoms with Crippen molar-refractivity contribution in [1.82, 2.24) is 0 Å². The zero-order valence-electron chi connectivity index (χ0n) is 18.1. The molecule has 3 aromatic rings. The van der Waals surface area contributed by atoms with Crippen molar-refractivity contribution in [2.45, 2.75) is 25.3 Å². The van der Waals surface area contributed by atoms with Crippen LogP contribution < -0.4 is 25.4 Å². The second-order valence-electron chi connectivity index (χ2n) is 7.02. The van der Waals surface area contributed by atoms with Crippen molar-refractivity contribution in [3.63, 3.8) is 0 Å². The van der Waals surface area contributed by atoms with Crippen molar-refractivity contribution >= 4 is 43.7 Å². The number of carbonyl (C=O) groups excluding carboxylic acids is 1. The third kappa shape index (κ3) is 8.99. The van der Waals surface area contributed by atoms with Crippen molar-refractivity contribution in [1.29, 1.82) is 0 Å². The fraction of sp³-hybridized carbons (Fsp3) is 0.208. The summed E-state index contributed by atoms with van der Waals surface area (Å²) in [6, 6.07) is 26.9. The summed E-state index contributed by atoms with van der Waals surface area (Å²) in [4.78, 5) is 11.5. The van der Waals surface area contributed by atoms with Gasteiger partial charge in [-0.15, -0.1) is 12.1 Å². The Morgan fingerprint density at radius 3 is 2.12 bits per heavy atom. The number of nitrogens with two attached hydrogens (primary N) is 1. The average Bonchev–Trinajstić information content (AvgIpc) is 2.88. The normalized spacial score (nSPS) is 11.2. The van der Waals surface area contributed by atoms with Gasteiger partial charge in [0.15, 0.2) is 0 Å². The predicted octanol–water partition coefficient (Wildman–Crippen LogP) is 4.32. The number of methoxy groups -OCH3 is 1. The predicted molar refractivity (Wildman–Crippen MR) is 135 cm³/mol. The van der Waals surface area contributed by atoms with Crippen LogP contribution in [0, 0.1) is 6.07 Å². The average molecular weight is 597 g/mol. The third-order valence-electron chi connectivity index (χ3n) is 4.77. The first kappa shape index (κ1) is 27.7. The van der Waals surface area contributed by atoms with Crippen molar-refractivity contribution in [3.05, 3.63) is 84.4 Å². The number of carbonyl (C=O) groups is 1. The maximum absolute atomic E-state index is 11.5. The quantitative estimate of drug-likeness (QED) is 0.163. The summed E-state index contributed by atoms with van der Waals surface area (Å²) in [6.07, 6.45) is 2.02. The summed E-state index contributed by atoms with van der Waals surface area (Å²) in [5.41, 5.74) is 6.88. The van der Waals surface area contributed by atoms with E-state index in [0.717, 1.165) is 29.0 Å². The number of ether oxygens (including phenoxy) is 1. The van der Waals surface area contributed by atoms with Crippen LogP contribution in [-0.2, 0) is 34.1 Å². The summed E-state index contributed by atoms with van der Waals surface area (Å²) >= 11 is 2.22. The molecule has 0 bridgehead atoms. The summed E-state index contributed by atoms with van der Waals surface area (Å²) in [6.45, 7) is 0. The molecule has 0 aromatic heterocycles. The number of halogens is 1. The van der Waals surface area contributed by atoms with E-state index in [1.165, 1.54) is 7.11 Å². The second-order valence-corrected chi connectivity index (χ2v) is 9.27. The van der Waals surface area contributed by atoms with E-state index in [2.05, 4.69) is 72.2 Å². The van der Waals surface area contributed by atoms with Crippen LogP contribution >= 0.6 is 27.1 Å². The molecule has 5 nitrogen and oxygen atoms in total. The summed E-state index contributed by atoms with van der Waals surface area (Å²) in [5.74, 6) is 0.823. The first-order valence-electron chi connectivity index (χ1n) is 10.1. The van der Waals surface area contributed by atoms with Gasteiger partial charge in [0.1, 0.15) is 16.7 Å². The maximum atomic E-state index is 11.5. The minimum atomic E-state index is -1.52. The van der Waals surface area contributed by atoms with Gasteiger partial charge >= 0.3 is 33.7 Å². The van der Waals surface area contributed by atoms with E-state index in [0.29, 0.717) is 17.9 Å². The fourth-order valence-corrected chi connectivity index (χ4v) is 5.22. The van der Waals surface area contributed by atoms with Crippen LogP contribution in [-0.4, -0.2) is 19.1 Å². The van der Waals surface area contributed by atoms with Gasteiger partial charge in [-0.2, -0.15) is 5.56 Å². The van der Waals surface area contributed by atoms with Crippen LogP contribution in [0.2, 0.25) is 0 Å². The number of hydrogen-bond acceptors (Lipinski definition) is 5. The summed E-state index contributed by atoms with van der Waals surface area (Å²) in [5, 5.41) is 2.30. The molecule has 3 rings (SSSR count). The third-order valence-corrected chi connectivity index (χ3v) is 7.17. The molecule has 0 aliphatic heterocycles. The molecule has 0 spiro atoms. The van der Waals surface area contributed by atoms with Crippen LogP contribution in [0.5, 0.6) is 11.5 Å². The van der Waals surface area contributed by atoms with E-state index in [-0.39, 0.29) is 0 Å². The number of esters is 1. The molecule has 1 unspecified atom stereocenters. The molecule has 178 valence electrons. The molecule has 0 fully saturated rings. The molecule has 0 radical (unpaired) electrons.